The molecule has 0 unspecified atom stereocenters. The van der Waals surface area contributed by atoms with Crippen LogP contribution in [0, 0.1) is 0 Å². The number of rotatable bonds is 5. The number of hydrogen-bond donors (Lipinski definition) is 3. The van der Waals surface area contributed by atoms with Crippen LogP contribution in [0.1, 0.15) is 25.3 Å². The first-order valence-electron chi connectivity index (χ1n) is 6.26. The lowest BCUT2D eigenvalue weighted by Gasteiger charge is -2.09. The van der Waals surface area contributed by atoms with Gasteiger partial charge in [0.2, 0.25) is 11.9 Å². The molecule has 20 heavy (non-hydrogen) atoms. The second-order valence-electron chi connectivity index (χ2n) is 4.52. The fourth-order valence-electron chi connectivity index (χ4n) is 1.65. The van der Waals surface area contributed by atoms with Gasteiger partial charge in [0, 0.05) is 5.69 Å². The molecule has 0 amide bonds. The molecular formula is C13H18N6O. The summed E-state index contributed by atoms with van der Waals surface area (Å²) in [6.07, 6.45) is 0. The van der Waals surface area contributed by atoms with Crippen molar-refractivity contribution in [3.63, 3.8) is 0 Å². The Morgan fingerprint density at radius 3 is 2.25 bits per heavy atom. The summed E-state index contributed by atoms with van der Waals surface area (Å²) in [5, 5.41) is 3.08. The Bertz CT molecular complexity index is 547. The zero-order valence-electron chi connectivity index (χ0n) is 11.7. The van der Waals surface area contributed by atoms with Gasteiger partial charge >= 0.3 is 6.01 Å². The number of hydrazine groups is 1. The average Bonchev–Trinajstić information content (AvgIpc) is 2.47. The SMILES string of the molecule is COc1nc(NN)nc(Nc2ccc(C(C)C)cc2)n1. The van der Waals surface area contributed by atoms with Gasteiger partial charge in [-0.15, -0.1) is 0 Å². The van der Waals surface area contributed by atoms with E-state index in [1.165, 1.54) is 12.7 Å². The molecule has 7 heteroatoms. The number of hydrogen-bond acceptors (Lipinski definition) is 7. The molecule has 1 aromatic carbocycles. The van der Waals surface area contributed by atoms with Gasteiger partial charge in [-0.2, -0.15) is 15.0 Å². The molecule has 1 aromatic heterocycles. The van der Waals surface area contributed by atoms with Crippen molar-refractivity contribution >= 4 is 17.6 Å². The highest BCUT2D eigenvalue weighted by molar-refractivity contribution is 5.54. The van der Waals surface area contributed by atoms with Gasteiger partial charge in [-0.05, 0) is 23.6 Å². The number of anilines is 3. The summed E-state index contributed by atoms with van der Waals surface area (Å²) < 4.78 is 4.99. The standard InChI is InChI=1S/C13H18N6O/c1-8(2)9-4-6-10(7-5-9)15-11-16-12(19-14)18-13(17-11)20-3/h4-8H,14H2,1-3H3,(H2,15,16,17,18,19). The molecular weight excluding hydrogens is 256 g/mol. The number of aromatic nitrogens is 3. The van der Waals surface area contributed by atoms with E-state index in [4.69, 9.17) is 10.6 Å². The topological polar surface area (TPSA) is 98.0 Å². The third-order valence-electron chi connectivity index (χ3n) is 2.76. The monoisotopic (exact) mass is 274 g/mol. The zero-order chi connectivity index (χ0) is 14.5. The molecule has 0 bridgehead atoms. The van der Waals surface area contributed by atoms with Crippen molar-refractivity contribution < 1.29 is 4.74 Å². The van der Waals surface area contributed by atoms with Crippen molar-refractivity contribution in [3.05, 3.63) is 29.8 Å². The van der Waals surface area contributed by atoms with Crippen molar-refractivity contribution in [2.75, 3.05) is 17.9 Å². The van der Waals surface area contributed by atoms with Gasteiger partial charge in [-0.3, -0.25) is 5.43 Å². The largest absolute Gasteiger partial charge is 0.467 e. The van der Waals surface area contributed by atoms with Crippen LogP contribution in [0.15, 0.2) is 24.3 Å². The van der Waals surface area contributed by atoms with E-state index in [0.29, 0.717) is 11.9 Å². The van der Waals surface area contributed by atoms with Crippen LogP contribution in [0.25, 0.3) is 0 Å². The third kappa shape index (κ3) is 3.33. The van der Waals surface area contributed by atoms with Crippen LogP contribution in [0.4, 0.5) is 17.6 Å². The van der Waals surface area contributed by atoms with Gasteiger partial charge < -0.3 is 10.1 Å². The number of nitrogens with one attached hydrogen (secondary N) is 2. The number of nitrogens with two attached hydrogens (primary N) is 1. The van der Waals surface area contributed by atoms with E-state index < -0.39 is 0 Å². The average molecular weight is 274 g/mol. The van der Waals surface area contributed by atoms with E-state index in [2.05, 4.69) is 51.7 Å². The lowest BCUT2D eigenvalue weighted by atomic mass is 10.0. The Hall–Kier alpha value is -2.41. The fraction of sp³-hybridized carbons (Fsp3) is 0.308. The summed E-state index contributed by atoms with van der Waals surface area (Å²) in [5.74, 6) is 6.39. The summed E-state index contributed by atoms with van der Waals surface area (Å²) in [5.41, 5.74) is 4.52. The number of benzene rings is 1. The summed E-state index contributed by atoms with van der Waals surface area (Å²) in [7, 11) is 1.48. The second-order valence-corrected chi connectivity index (χ2v) is 4.52. The van der Waals surface area contributed by atoms with Gasteiger partial charge in [-0.1, -0.05) is 26.0 Å². The normalized spacial score (nSPS) is 10.4. The third-order valence-corrected chi connectivity index (χ3v) is 2.76. The minimum atomic E-state index is 0.189. The van der Waals surface area contributed by atoms with Crippen molar-refractivity contribution in [1.29, 1.82) is 0 Å². The van der Waals surface area contributed by atoms with Crippen LogP contribution in [-0.4, -0.2) is 22.1 Å². The highest BCUT2D eigenvalue weighted by Gasteiger charge is 2.06. The maximum Gasteiger partial charge on any atom is 0.322 e. The molecule has 0 atom stereocenters. The molecule has 0 saturated carbocycles. The van der Waals surface area contributed by atoms with Gasteiger partial charge in [0.1, 0.15) is 0 Å². The molecule has 0 radical (unpaired) electrons. The number of nitrogens with zero attached hydrogens (tertiary/aromatic N) is 3. The number of nitrogen functional groups attached to an aromatic ring is 1. The second kappa shape index (κ2) is 6.16. The maximum atomic E-state index is 5.30. The molecule has 0 aliphatic rings. The van der Waals surface area contributed by atoms with E-state index in [0.717, 1.165) is 5.69 Å². The minimum absolute atomic E-state index is 0.189. The van der Waals surface area contributed by atoms with Crippen LogP contribution >= 0.6 is 0 Å². The fourth-order valence-corrected chi connectivity index (χ4v) is 1.65. The van der Waals surface area contributed by atoms with Gasteiger partial charge in [-0.25, -0.2) is 5.84 Å². The van der Waals surface area contributed by atoms with Crippen molar-refractivity contribution in [1.82, 2.24) is 15.0 Å². The van der Waals surface area contributed by atoms with Crippen LogP contribution in [0.5, 0.6) is 6.01 Å². The molecule has 0 saturated heterocycles. The first kappa shape index (κ1) is 14.0. The molecule has 0 aliphatic heterocycles. The summed E-state index contributed by atoms with van der Waals surface area (Å²) in [6.45, 7) is 4.30. The van der Waals surface area contributed by atoms with Crippen LogP contribution in [0.2, 0.25) is 0 Å². The molecule has 0 spiro atoms. The maximum absolute atomic E-state index is 5.30. The minimum Gasteiger partial charge on any atom is -0.467 e. The molecule has 4 N–H and O–H groups in total. The molecule has 0 fully saturated rings. The predicted octanol–water partition coefficient (Wildman–Crippen LogP) is 2.03. The first-order chi connectivity index (χ1) is 9.62. The van der Waals surface area contributed by atoms with E-state index in [1.54, 1.807) is 0 Å². The van der Waals surface area contributed by atoms with Crippen LogP contribution in [0.3, 0.4) is 0 Å². The van der Waals surface area contributed by atoms with Crippen LogP contribution in [-0.2, 0) is 0 Å². The zero-order valence-corrected chi connectivity index (χ0v) is 11.7. The Labute approximate surface area is 117 Å². The summed E-state index contributed by atoms with van der Waals surface area (Å²) >= 11 is 0. The summed E-state index contributed by atoms with van der Waals surface area (Å²) in [4.78, 5) is 12.1. The quantitative estimate of drug-likeness (QED) is 0.566. The molecule has 106 valence electrons. The predicted molar refractivity (Wildman–Crippen MR) is 78.0 cm³/mol. The van der Waals surface area contributed by atoms with Crippen molar-refractivity contribution in [3.8, 4) is 6.01 Å². The van der Waals surface area contributed by atoms with Crippen molar-refractivity contribution in [2.24, 2.45) is 5.84 Å². The highest BCUT2D eigenvalue weighted by atomic mass is 16.5. The Morgan fingerprint density at radius 2 is 1.70 bits per heavy atom. The first-order valence-corrected chi connectivity index (χ1v) is 6.26. The van der Waals surface area contributed by atoms with E-state index in [-0.39, 0.29) is 12.0 Å². The van der Waals surface area contributed by atoms with E-state index in [9.17, 15) is 0 Å². The number of methoxy groups -OCH3 is 1. The lowest BCUT2D eigenvalue weighted by Crippen LogP contribution is -2.13. The lowest BCUT2D eigenvalue weighted by molar-refractivity contribution is 0.379. The van der Waals surface area contributed by atoms with Gasteiger partial charge in [0.15, 0.2) is 0 Å². The molecule has 7 nitrogen and oxygen atoms in total. The van der Waals surface area contributed by atoms with Gasteiger partial charge in [0.05, 0.1) is 7.11 Å². The van der Waals surface area contributed by atoms with E-state index >= 15 is 0 Å². The highest BCUT2D eigenvalue weighted by Crippen LogP contribution is 2.20. The smallest absolute Gasteiger partial charge is 0.322 e. The molecule has 0 aliphatic carbocycles. The molecule has 1 heterocycles. The number of ether oxygens (including phenoxy) is 1. The Balaban J connectivity index is 2.20. The van der Waals surface area contributed by atoms with Crippen LogP contribution < -0.4 is 21.3 Å². The van der Waals surface area contributed by atoms with Crippen molar-refractivity contribution in [2.45, 2.75) is 19.8 Å². The summed E-state index contributed by atoms with van der Waals surface area (Å²) in [6, 6.07) is 8.26. The van der Waals surface area contributed by atoms with Gasteiger partial charge in [0.25, 0.3) is 0 Å². The Morgan fingerprint density at radius 1 is 1.05 bits per heavy atom. The molecule has 2 rings (SSSR count). The molecule has 2 aromatic rings. The van der Waals surface area contributed by atoms with E-state index in [1.807, 2.05) is 12.1 Å². The Kier molecular flexibility index (Phi) is 4.31.